The van der Waals surface area contributed by atoms with E-state index in [0.717, 1.165) is 27.6 Å². The first-order valence-electron chi connectivity index (χ1n) is 14.7. The maximum absolute atomic E-state index is 14.6. The van der Waals surface area contributed by atoms with E-state index in [1.54, 1.807) is 23.6 Å². The van der Waals surface area contributed by atoms with E-state index in [9.17, 15) is 14.0 Å². The zero-order chi connectivity index (χ0) is 30.9. The summed E-state index contributed by atoms with van der Waals surface area (Å²) in [6.07, 6.45) is 3.81. The van der Waals surface area contributed by atoms with E-state index in [1.165, 1.54) is 17.4 Å². The summed E-state index contributed by atoms with van der Waals surface area (Å²) in [5, 5.41) is 0.941. The topological polar surface area (TPSA) is 65.6 Å². The lowest BCUT2D eigenvalue weighted by Gasteiger charge is -2.25. The molecule has 6 nitrogen and oxygen atoms in total. The van der Waals surface area contributed by atoms with Gasteiger partial charge in [-0.05, 0) is 30.7 Å². The SMILES string of the molecule is CCOC(=O)C1=C(c2ccccc2)N=c2s/c(=C\c3cn(Cc4ccccc4F)c4ccccc34)c(=O)n2[C@H]1c1ccccc1. The predicted octanol–water partition coefficient (Wildman–Crippen LogP) is 6.08. The Morgan fingerprint density at radius 3 is 2.38 bits per heavy atom. The van der Waals surface area contributed by atoms with Crippen molar-refractivity contribution in [3.05, 3.63) is 169 Å². The van der Waals surface area contributed by atoms with E-state index in [4.69, 9.17) is 9.73 Å². The molecule has 8 heteroatoms. The van der Waals surface area contributed by atoms with Crippen molar-refractivity contribution in [2.45, 2.75) is 19.5 Å². The minimum Gasteiger partial charge on any atom is -0.463 e. The van der Waals surface area contributed by atoms with Gasteiger partial charge in [-0.25, -0.2) is 14.2 Å². The minimum absolute atomic E-state index is 0.188. The van der Waals surface area contributed by atoms with Gasteiger partial charge in [0.15, 0.2) is 4.80 Å². The van der Waals surface area contributed by atoms with Crippen molar-refractivity contribution in [1.82, 2.24) is 9.13 Å². The highest BCUT2D eigenvalue weighted by molar-refractivity contribution is 7.07. The fourth-order valence-corrected chi connectivity index (χ4v) is 6.86. The van der Waals surface area contributed by atoms with E-state index in [0.29, 0.717) is 32.7 Å². The van der Waals surface area contributed by atoms with E-state index >= 15 is 0 Å². The van der Waals surface area contributed by atoms with Gasteiger partial charge in [0.05, 0.1) is 35.0 Å². The predicted molar refractivity (Wildman–Crippen MR) is 175 cm³/mol. The molecule has 0 amide bonds. The summed E-state index contributed by atoms with van der Waals surface area (Å²) >= 11 is 1.28. The number of rotatable bonds is 7. The summed E-state index contributed by atoms with van der Waals surface area (Å²) in [4.78, 5) is 33.3. The lowest BCUT2D eigenvalue weighted by Crippen LogP contribution is -2.39. The van der Waals surface area contributed by atoms with Crippen LogP contribution in [0.3, 0.4) is 0 Å². The summed E-state index contributed by atoms with van der Waals surface area (Å²) < 4.78 is 24.2. The van der Waals surface area contributed by atoms with Crippen LogP contribution in [-0.2, 0) is 16.1 Å². The number of carbonyl (C=O) groups is 1. The van der Waals surface area contributed by atoms with Gasteiger partial charge in [0, 0.05) is 33.8 Å². The van der Waals surface area contributed by atoms with Crippen molar-refractivity contribution in [3.63, 3.8) is 0 Å². The number of benzene rings is 4. The third-order valence-electron chi connectivity index (χ3n) is 7.89. The summed E-state index contributed by atoms with van der Waals surface area (Å²) in [6, 6.07) is 32.9. The summed E-state index contributed by atoms with van der Waals surface area (Å²) in [7, 11) is 0. The van der Waals surface area contributed by atoms with Gasteiger partial charge in [0.25, 0.3) is 5.56 Å². The van der Waals surface area contributed by atoms with Crippen LogP contribution in [0.1, 0.15) is 35.2 Å². The Morgan fingerprint density at radius 2 is 1.62 bits per heavy atom. The Labute approximate surface area is 262 Å². The third kappa shape index (κ3) is 5.23. The molecular formula is C37H28FN3O3S. The molecule has 0 unspecified atom stereocenters. The Bertz CT molecular complexity index is 2270. The quantitative estimate of drug-likeness (QED) is 0.205. The van der Waals surface area contributed by atoms with Crippen LogP contribution < -0.4 is 14.9 Å². The Hall–Kier alpha value is -5.34. The number of nitrogens with zero attached hydrogens (tertiary/aromatic N) is 3. The molecule has 2 aromatic heterocycles. The number of ether oxygens (including phenoxy) is 1. The number of halogens is 1. The van der Waals surface area contributed by atoms with Crippen LogP contribution in [-0.4, -0.2) is 21.7 Å². The fourth-order valence-electron chi connectivity index (χ4n) is 5.86. The molecule has 3 heterocycles. The van der Waals surface area contributed by atoms with Crippen molar-refractivity contribution in [3.8, 4) is 0 Å². The van der Waals surface area contributed by atoms with Gasteiger partial charge in [0.1, 0.15) is 5.82 Å². The Kier molecular flexibility index (Phi) is 7.57. The number of aromatic nitrogens is 2. The number of carbonyl (C=O) groups excluding carboxylic acids is 1. The Morgan fingerprint density at radius 1 is 0.933 bits per heavy atom. The molecule has 0 spiro atoms. The second-order valence-electron chi connectivity index (χ2n) is 10.7. The monoisotopic (exact) mass is 613 g/mol. The van der Waals surface area contributed by atoms with E-state index in [2.05, 4.69) is 0 Å². The average molecular weight is 614 g/mol. The van der Waals surface area contributed by atoms with Gasteiger partial charge in [-0.1, -0.05) is 108 Å². The van der Waals surface area contributed by atoms with Crippen LogP contribution in [0.2, 0.25) is 0 Å². The van der Waals surface area contributed by atoms with Crippen LogP contribution in [0.15, 0.2) is 131 Å². The molecule has 1 aliphatic heterocycles. The molecule has 0 N–H and O–H groups in total. The largest absolute Gasteiger partial charge is 0.463 e. The molecule has 4 aromatic carbocycles. The van der Waals surface area contributed by atoms with Crippen LogP contribution in [0.5, 0.6) is 0 Å². The first-order valence-corrected chi connectivity index (χ1v) is 15.5. The molecule has 1 aliphatic rings. The van der Waals surface area contributed by atoms with Crippen molar-refractivity contribution in [2.24, 2.45) is 4.99 Å². The summed E-state index contributed by atoms with van der Waals surface area (Å²) in [5.41, 5.74) is 4.41. The molecule has 0 aliphatic carbocycles. The highest BCUT2D eigenvalue weighted by Gasteiger charge is 2.35. The molecule has 6 aromatic rings. The normalized spacial score (nSPS) is 14.8. The first kappa shape index (κ1) is 28.4. The van der Waals surface area contributed by atoms with Crippen LogP contribution in [0.25, 0.3) is 22.7 Å². The molecule has 222 valence electrons. The number of fused-ring (bicyclic) bond motifs is 2. The van der Waals surface area contributed by atoms with Crippen molar-refractivity contribution < 1.29 is 13.9 Å². The van der Waals surface area contributed by atoms with Gasteiger partial charge >= 0.3 is 5.97 Å². The number of hydrogen-bond acceptors (Lipinski definition) is 5. The molecule has 0 bridgehead atoms. The Balaban J connectivity index is 1.45. The lowest BCUT2D eigenvalue weighted by atomic mass is 9.93. The highest BCUT2D eigenvalue weighted by atomic mass is 32.1. The zero-order valence-electron chi connectivity index (χ0n) is 24.4. The minimum atomic E-state index is -0.735. The summed E-state index contributed by atoms with van der Waals surface area (Å²) in [5.74, 6) is -0.780. The van der Waals surface area contributed by atoms with Crippen molar-refractivity contribution in [1.29, 1.82) is 0 Å². The third-order valence-corrected chi connectivity index (χ3v) is 8.88. The number of esters is 1. The second-order valence-corrected chi connectivity index (χ2v) is 11.7. The van der Waals surface area contributed by atoms with Crippen LogP contribution >= 0.6 is 11.3 Å². The van der Waals surface area contributed by atoms with E-state index < -0.39 is 12.0 Å². The lowest BCUT2D eigenvalue weighted by molar-refractivity contribution is -0.138. The van der Waals surface area contributed by atoms with Gasteiger partial charge in [-0.15, -0.1) is 0 Å². The zero-order valence-corrected chi connectivity index (χ0v) is 25.2. The molecule has 0 saturated carbocycles. The van der Waals surface area contributed by atoms with E-state index in [1.807, 2.05) is 108 Å². The molecule has 0 radical (unpaired) electrons. The number of hydrogen-bond donors (Lipinski definition) is 0. The maximum Gasteiger partial charge on any atom is 0.338 e. The molecule has 7 rings (SSSR count). The molecule has 1 atom stereocenters. The number of thiazole rings is 1. The first-order chi connectivity index (χ1) is 22.0. The van der Waals surface area contributed by atoms with Gasteiger partial charge in [-0.3, -0.25) is 9.36 Å². The highest BCUT2D eigenvalue weighted by Crippen LogP contribution is 2.35. The number of para-hydroxylation sites is 1. The van der Waals surface area contributed by atoms with Crippen LogP contribution in [0, 0.1) is 5.82 Å². The smallest absolute Gasteiger partial charge is 0.338 e. The fraction of sp³-hybridized carbons (Fsp3) is 0.108. The standard InChI is InChI=1S/C37H28FN3O3S/c1-2-44-36(43)32-33(24-13-5-3-6-14-24)39-37-41(34(32)25-15-7-4-8-16-25)35(42)31(45-37)21-27-23-40(30-20-12-10-18-28(27)30)22-26-17-9-11-19-29(26)38/h3-21,23,34H,2,22H2,1H3/b31-21-/t34-/m0/s1. The van der Waals surface area contributed by atoms with Crippen molar-refractivity contribution >= 4 is 40.0 Å². The average Bonchev–Trinajstić information content (AvgIpc) is 3.58. The maximum atomic E-state index is 14.6. The van der Waals surface area contributed by atoms with E-state index in [-0.39, 0.29) is 18.0 Å². The van der Waals surface area contributed by atoms with Crippen molar-refractivity contribution in [2.75, 3.05) is 6.61 Å². The van der Waals surface area contributed by atoms with Crippen LogP contribution in [0.4, 0.5) is 4.39 Å². The molecule has 0 saturated heterocycles. The van der Waals surface area contributed by atoms with Gasteiger partial charge in [-0.2, -0.15) is 0 Å². The molecular weight excluding hydrogens is 585 g/mol. The van der Waals surface area contributed by atoms with Gasteiger partial charge < -0.3 is 9.30 Å². The summed E-state index contributed by atoms with van der Waals surface area (Å²) in [6.45, 7) is 2.29. The molecule has 45 heavy (non-hydrogen) atoms. The van der Waals surface area contributed by atoms with Gasteiger partial charge in [0.2, 0.25) is 0 Å². The molecule has 0 fully saturated rings. The second kappa shape index (κ2) is 12.0.